The maximum Gasteiger partial charge on any atom is 0.303 e. The van der Waals surface area contributed by atoms with Crippen LogP contribution in [-0.4, -0.2) is 52.7 Å². The minimum absolute atomic E-state index is 0.0166. The highest BCUT2D eigenvalue weighted by molar-refractivity contribution is 5.90. The van der Waals surface area contributed by atoms with Crippen LogP contribution in [0, 0.1) is 0 Å². The molecular weight excluding hydrogens is 508 g/mol. The third kappa shape index (κ3) is 9.70. The van der Waals surface area contributed by atoms with E-state index in [1.165, 1.54) is 32.1 Å². The van der Waals surface area contributed by atoms with Crippen molar-refractivity contribution >= 4 is 17.6 Å². The molecule has 4 rings (SSSR count). The summed E-state index contributed by atoms with van der Waals surface area (Å²) in [6.07, 6.45) is 9.02. The minimum Gasteiger partial charge on any atom is -0.481 e. The molecule has 2 fully saturated rings. The maximum absolute atomic E-state index is 12.3. The molecule has 2 aliphatic rings. The highest BCUT2D eigenvalue weighted by atomic mass is 16.7. The summed E-state index contributed by atoms with van der Waals surface area (Å²) in [4.78, 5) is 25.5. The summed E-state index contributed by atoms with van der Waals surface area (Å²) in [5.74, 6) is -0.877. The standard InChI is InChI=1S/C32H44N2O6/c35-23-24-11-13-25(14-12-24)29-21-28(22-34-19-7-2-1-3-8-20-34)39-32(40-29)26-15-17-27(18-16-26)33-30(36)9-5-4-6-10-31(37)38/h11-18,28-29,32,35H,1-10,19-23H2,(H,33,36)(H,37,38)/t28-,29+,32+/m1/s1. The summed E-state index contributed by atoms with van der Waals surface area (Å²) in [7, 11) is 0. The molecule has 218 valence electrons. The van der Waals surface area contributed by atoms with Crippen molar-refractivity contribution in [1.29, 1.82) is 0 Å². The van der Waals surface area contributed by atoms with E-state index in [0.29, 0.717) is 24.9 Å². The number of carbonyl (C=O) groups is 2. The number of aliphatic hydroxyl groups is 1. The molecule has 2 aromatic rings. The van der Waals surface area contributed by atoms with Crippen LogP contribution in [0.2, 0.25) is 0 Å². The number of likely N-dealkylation sites (tertiary alicyclic amines) is 1. The lowest BCUT2D eigenvalue weighted by Gasteiger charge is -2.38. The van der Waals surface area contributed by atoms with E-state index < -0.39 is 12.3 Å². The molecule has 0 aliphatic carbocycles. The first-order valence-corrected chi connectivity index (χ1v) is 14.8. The minimum atomic E-state index is -0.801. The van der Waals surface area contributed by atoms with Crippen LogP contribution in [0.4, 0.5) is 5.69 Å². The lowest BCUT2D eigenvalue weighted by Crippen LogP contribution is -2.40. The van der Waals surface area contributed by atoms with E-state index >= 15 is 0 Å². The molecule has 0 saturated carbocycles. The second-order valence-electron chi connectivity index (χ2n) is 11.0. The van der Waals surface area contributed by atoms with E-state index in [1.54, 1.807) is 0 Å². The summed E-state index contributed by atoms with van der Waals surface area (Å²) in [6, 6.07) is 15.6. The lowest BCUT2D eigenvalue weighted by molar-refractivity contribution is -0.253. The third-order valence-electron chi connectivity index (χ3n) is 7.79. The fourth-order valence-electron chi connectivity index (χ4n) is 5.50. The number of anilines is 1. The van der Waals surface area contributed by atoms with Gasteiger partial charge >= 0.3 is 5.97 Å². The fourth-order valence-corrected chi connectivity index (χ4v) is 5.50. The smallest absolute Gasteiger partial charge is 0.303 e. The number of aliphatic carboxylic acids is 1. The Morgan fingerprint density at radius 3 is 2.15 bits per heavy atom. The van der Waals surface area contributed by atoms with Gasteiger partial charge in [-0.15, -0.1) is 0 Å². The van der Waals surface area contributed by atoms with Crippen molar-refractivity contribution in [3.63, 3.8) is 0 Å². The Hall–Kier alpha value is -2.78. The average Bonchev–Trinajstić information content (AvgIpc) is 2.94. The van der Waals surface area contributed by atoms with Crippen molar-refractivity contribution in [2.24, 2.45) is 0 Å². The van der Waals surface area contributed by atoms with E-state index in [0.717, 1.165) is 49.2 Å². The molecule has 0 radical (unpaired) electrons. The van der Waals surface area contributed by atoms with Crippen molar-refractivity contribution in [3.05, 3.63) is 65.2 Å². The van der Waals surface area contributed by atoms with Crippen molar-refractivity contribution < 1.29 is 29.3 Å². The van der Waals surface area contributed by atoms with E-state index in [-0.39, 0.29) is 31.1 Å². The molecule has 2 aromatic carbocycles. The Labute approximate surface area is 237 Å². The highest BCUT2D eigenvalue weighted by Crippen LogP contribution is 2.38. The molecule has 3 atom stereocenters. The van der Waals surface area contributed by atoms with Gasteiger partial charge in [0, 0.05) is 37.1 Å². The van der Waals surface area contributed by atoms with Crippen molar-refractivity contribution in [2.45, 2.75) is 95.7 Å². The van der Waals surface area contributed by atoms with Crippen LogP contribution in [0.5, 0.6) is 0 Å². The first-order valence-electron chi connectivity index (χ1n) is 14.8. The molecular formula is C32H44N2O6. The first-order chi connectivity index (χ1) is 19.5. The van der Waals surface area contributed by atoms with Gasteiger partial charge in [-0.1, -0.05) is 62.1 Å². The van der Waals surface area contributed by atoms with Gasteiger partial charge in [0.25, 0.3) is 0 Å². The van der Waals surface area contributed by atoms with Crippen LogP contribution in [0.15, 0.2) is 48.5 Å². The van der Waals surface area contributed by atoms with E-state index in [9.17, 15) is 14.7 Å². The van der Waals surface area contributed by atoms with Crippen LogP contribution in [0.3, 0.4) is 0 Å². The number of benzene rings is 2. The quantitative estimate of drug-likeness (QED) is 0.279. The Bertz CT molecular complexity index is 1050. The third-order valence-corrected chi connectivity index (χ3v) is 7.79. The summed E-state index contributed by atoms with van der Waals surface area (Å²) in [5.41, 5.74) is 3.57. The van der Waals surface area contributed by atoms with Crippen LogP contribution < -0.4 is 5.32 Å². The zero-order valence-electron chi connectivity index (χ0n) is 23.4. The first kappa shape index (κ1) is 30.2. The normalized spacial score (nSPS) is 22.3. The number of ether oxygens (including phenoxy) is 2. The number of unbranched alkanes of at least 4 members (excludes halogenated alkanes) is 2. The SMILES string of the molecule is O=C(O)CCCCCC(=O)Nc1ccc([C@H]2O[C@@H](CN3CCCCCCC3)C[C@@H](c3ccc(CO)cc3)O2)cc1. The van der Waals surface area contributed by atoms with Crippen LogP contribution in [0.25, 0.3) is 0 Å². The number of hydrogen-bond acceptors (Lipinski definition) is 6. The van der Waals surface area contributed by atoms with Gasteiger partial charge in [-0.2, -0.15) is 0 Å². The molecule has 2 saturated heterocycles. The number of rotatable bonds is 12. The number of carboxylic acids is 1. The molecule has 2 heterocycles. The van der Waals surface area contributed by atoms with Crippen molar-refractivity contribution in [1.82, 2.24) is 4.90 Å². The maximum atomic E-state index is 12.3. The molecule has 2 aliphatic heterocycles. The van der Waals surface area contributed by atoms with Crippen molar-refractivity contribution in [2.75, 3.05) is 25.0 Å². The topological polar surface area (TPSA) is 108 Å². The van der Waals surface area contributed by atoms with Gasteiger partial charge in [-0.3, -0.25) is 9.59 Å². The van der Waals surface area contributed by atoms with Crippen molar-refractivity contribution in [3.8, 4) is 0 Å². The summed E-state index contributed by atoms with van der Waals surface area (Å²) in [6.45, 7) is 3.11. The summed E-state index contributed by atoms with van der Waals surface area (Å²) in [5, 5.41) is 21.1. The molecule has 3 N–H and O–H groups in total. The highest BCUT2D eigenvalue weighted by Gasteiger charge is 2.33. The van der Waals surface area contributed by atoms with E-state index in [2.05, 4.69) is 10.2 Å². The van der Waals surface area contributed by atoms with Gasteiger partial charge in [0.2, 0.25) is 5.91 Å². The average molecular weight is 553 g/mol. The molecule has 0 bridgehead atoms. The Morgan fingerprint density at radius 1 is 0.825 bits per heavy atom. The molecule has 0 spiro atoms. The summed E-state index contributed by atoms with van der Waals surface area (Å²) < 4.78 is 13.0. The molecule has 40 heavy (non-hydrogen) atoms. The van der Waals surface area contributed by atoms with E-state index in [4.69, 9.17) is 14.6 Å². The second kappa shape index (κ2) is 15.9. The number of nitrogens with zero attached hydrogens (tertiary/aromatic N) is 1. The zero-order valence-corrected chi connectivity index (χ0v) is 23.4. The van der Waals surface area contributed by atoms with Gasteiger partial charge in [-0.05, 0) is 62.0 Å². The van der Waals surface area contributed by atoms with Crippen LogP contribution in [0.1, 0.15) is 99.7 Å². The Kier molecular flexibility index (Phi) is 12.0. The molecule has 8 heteroatoms. The number of aliphatic hydroxyl groups excluding tert-OH is 1. The number of hydrogen-bond donors (Lipinski definition) is 3. The Balaban J connectivity index is 1.38. The molecule has 0 aromatic heterocycles. The van der Waals surface area contributed by atoms with Gasteiger partial charge < -0.3 is 29.9 Å². The molecule has 1 amide bonds. The predicted octanol–water partition coefficient (Wildman–Crippen LogP) is 5.96. The summed E-state index contributed by atoms with van der Waals surface area (Å²) >= 11 is 0. The lowest BCUT2D eigenvalue weighted by atomic mass is 9.99. The number of amides is 1. The monoisotopic (exact) mass is 552 g/mol. The van der Waals surface area contributed by atoms with Gasteiger partial charge in [-0.25, -0.2) is 0 Å². The number of nitrogens with one attached hydrogen (secondary N) is 1. The molecule has 8 nitrogen and oxygen atoms in total. The molecule has 0 unspecified atom stereocenters. The predicted molar refractivity (Wildman–Crippen MR) is 154 cm³/mol. The van der Waals surface area contributed by atoms with Crippen LogP contribution >= 0.6 is 0 Å². The second-order valence-corrected chi connectivity index (χ2v) is 11.0. The van der Waals surface area contributed by atoms with Gasteiger partial charge in [0.05, 0.1) is 18.8 Å². The van der Waals surface area contributed by atoms with E-state index in [1.807, 2.05) is 48.5 Å². The largest absolute Gasteiger partial charge is 0.481 e. The van der Waals surface area contributed by atoms with Gasteiger partial charge in [0.1, 0.15) is 0 Å². The zero-order chi connectivity index (χ0) is 28.2. The van der Waals surface area contributed by atoms with Crippen LogP contribution in [-0.2, 0) is 25.7 Å². The fraction of sp³-hybridized carbons (Fsp3) is 0.562. The number of carbonyl (C=O) groups excluding carboxylic acids is 1. The Morgan fingerprint density at radius 2 is 1.48 bits per heavy atom. The van der Waals surface area contributed by atoms with Gasteiger partial charge in [0.15, 0.2) is 6.29 Å². The number of carboxylic acid groups (broad SMARTS) is 1.